The van der Waals surface area contributed by atoms with Crippen LogP contribution in [0.15, 0.2) is 78.9 Å². The minimum absolute atomic E-state index is 0.0452. The summed E-state index contributed by atoms with van der Waals surface area (Å²) in [7, 11) is 0. The lowest BCUT2D eigenvalue weighted by molar-refractivity contribution is -0.00134. The third-order valence-corrected chi connectivity index (χ3v) is 10.1. The molecule has 0 aliphatic heterocycles. The van der Waals surface area contributed by atoms with Crippen LogP contribution in [0.2, 0.25) is 0 Å². The van der Waals surface area contributed by atoms with Crippen molar-refractivity contribution in [3.63, 3.8) is 0 Å². The molecule has 5 rings (SSSR count). The van der Waals surface area contributed by atoms with Crippen LogP contribution in [0.25, 0.3) is 0 Å². The highest BCUT2D eigenvalue weighted by molar-refractivity contribution is 5.90. The summed E-state index contributed by atoms with van der Waals surface area (Å²) in [4.78, 5) is 26.2. The van der Waals surface area contributed by atoms with E-state index < -0.39 is 18.0 Å². The molecule has 2 aliphatic carbocycles. The summed E-state index contributed by atoms with van der Waals surface area (Å²) in [5.41, 5.74) is 4.43. The van der Waals surface area contributed by atoms with Crippen molar-refractivity contribution in [1.29, 1.82) is 0 Å². The lowest BCUT2D eigenvalue weighted by atomic mass is 9.77. The predicted octanol–water partition coefficient (Wildman–Crippen LogP) is 10.6. The molecule has 1 atom stereocenters. The zero-order chi connectivity index (χ0) is 30.7. The van der Waals surface area contributed by atoms with Gasteiger partial charge in [0, 0.05) is 0 Å². The molecule has 0 aromatic heterocycles. The Labute approximate surface area is 264 Å². The van der Waals surface area contributed by atoms with Crippen molar-refractivity contribution in [2.75, 3.05) is 6.61 Å². The molecular weight excluding hydrogens is 544 g/mol. The fraction of sp³-hybridized carbons (Fsp3) is 0.500. The molecule has 2 aliphatic rings. The number of unbranched alkanes of at least 4 members (excludes halogenated alkanes) is 2. The molecule has 4 nitrogen and oxygen atoms in total. The van der Waals surface area contributed by atoms with Gasteiger partial charge in [-0.2, -0.15) is 0 Å². The van der Waals surface area contributed by atoms with Gasteiger partial charge < -0.3 is 9.47 Å². The van der Waals surface area contributed by atoms with E-state index >= 15 is 0 Å². The van der Waals surface area contributed by atoms with Crippen LogP contribution in [0.1, 0.15) is 146 Å². The summed E-state index contributed by atoms with van der Waals surface area (Å²) < 4.78 is 11.6. The SMILES string of the molecule is CCCCCC1CCC(c2ccc(C(=O)O[C@H](COC(=O)c3ccc(C4CCC(C)CC4)cc3)c3ccccc3)cc2)CC1. The highest BCUT2D eigenvalue weighted by Crippen LogP contribution is 2.38. The molecule has 44 heavy (non-hydrogen) atoms. The molecule has 3 aromatic carbocycles. The molecule has 0 heterocycles. The quantitative estimate of drug-likeness (QED) is 0.155. The number of esters is 2. The largest absolute Gasteiger partial charge is 0.458 e. The molecule has 4 heteroatoms. The van der Waals surface area contributed by atoms with Gasteiger partial charge in [-0.3, -0.25) is 0 Å². The van der Waals surface area contributed by atoms with Crippen molar-refractivity contribution in [3.05, 3.63) is 107 Å². The molecule has 0 spiro atoms. The van der Waals surface area contributed by atoms with Crippen molar-refractivity contribution >= 4 is 11.9 Å². The maximum absolute atomic E-state index is 13.2. The second-order valence-corrected chi connectivity index (χ2v) is 13.3. The standard InChI is InChI=1S/C40H50O4/c1-3-4-6-9-30-14-18-32(19-15-30)34-22-26-37(27-23-34)40(42)44-38(35-10-7-5-8-11-35)28-43-39(41)36-24-20-33(21-25-36)31-16-12-29(2)13-17-31/h5,7-8,10-11,20-27,29-32,38H,3-4,6,9,12-19,28H2,1-2H3/t29?,30?,31?,32?,38-/m1/s1. The van der Waals surface area contributed by atoms with E-state index in [0.29, 0.717) is 23.0 Å². The lowest BCUT2D eigenvalue weighted by Crippen LogP contribution is -2.19. The Bertz CT molecular complexity index is 1300. The second kappa shape index (κ2) is 16.1. The minimum Gasteiger partial charge on any atom is -0.458 e. The van der Waals surface area contributed by atoms with E-state index in [2.05, 4.69) is 38.1 Å². The molecule has 0 N–H and O–H groups in total. The molecule has 2 saturated carbocycles. The van der Waals surface area contributed by atoms with Gasteiger partial charge in [0.05, 0.1) is 11.1 Å². The Morgan fingerprint density at radius 1 is 0.682 bits per heavy atom. The van der Waals surface area contributed by atoms with Gasteiger partial charge in [0.15, 0.2) is 6.10 Å². The first kappa shape index (κ1) is 32.0. The van der Waals surface area contributed by atoms with Crippen LogP contribution in [0.3, 0.4) is 0 Å². The molecule has 0 saturated heterocycles. The molecular formula is C40H50O4. The predicted molar refractivity (Wildman–Crippen MR) is 177 cm³/mol. The smallest absolute Gasteiger partial charge is 0.338 e. The Morgan fingerprint density at radius 2 is 1.23 bits per heavy atom. The normalized spacial score (nSPS) is 22.6. The fourth-order valence-electron chi connectivity index (χ4n) is 7.14. The van der Waals surface area contributed by atoms with Gasteiger partial charge in [0.1, 0.15) is 6.61 Å². The molecule has 0 amide bonds. The van der Waals surface area contributed by atoms with Gasteiger partial charge in [-0.05, 0) is 103 Å². The van der Waals surface area contributed by atoms with E-state index in [4.69, 9.17) is 9.47 Å². The number of carbonyl (C=O) groups excluding carboxylic acids is 2. The average Bonchev–Trinajstić information content (AvgIpc) is 3.08. The van der Waals surface area contributed by atoms with Crippen LogP contribution < -0.4 is 0 Å². The number of benzene rings is 3. The molecule has 0 unspecified atom stereocenters. The van der Waals surface area contributed by atoms with Gasteiger partial charge >= 0.3 is 11.9 Å². The Kier molecular flexibility index (Phi) is 11.7. The molecule has 0 radical (unpaired) electrons. The molecule has 0 bridgehead atoms. The van der Waals surface area contributed by atoms with E-state index in [0.717, 1.165) is 17.4 Å². The minimum atomic E-state index is -0.696. The van der Waals surface area contributed by atoms with E-state index in [-0.39, 0.29) is 6.61 Å². The van der Waals surface area contributed by atoms with Crippen LogP contribution >= 0.6 is 0 Å². The third-order valence-electron chi connectivity index (χ3n) is 10.1. The average molecular weight is 595 g/mol. The second-order valence-electron chi connectivity index (χ2n) is 13.3. The van der Waals surface area contributed by atoms with Gasteiger partial charge in [0.25, 0.3) is 0 Å². The van der Waals surface area contributed by atoms with Gasteiger partial charge in [-0.25, -0.2) is 9.59 Å². The maximum Gasteiger partial charge on any atom is 0.338 e. The maximum atomic E-state index is 13.2. The van der Waals surface area contributed by atoms with Crippen LogP contribution in [-0.4, -0.2) is 18.5 Å². The monoisotopic (exact) mass is 594 g/mol. The van der Waals surface area contributed by atoms with Crippen LogP contribution in [0.4, 0.5) is 0 Å². The Morgan fingerprint density at radius 3 is 1.80 bits per heavy atom. The van der Waals surface area contributed by atoms with Crippen molar-refractivity contribution in [3.8, 4) is 0 Å². The lowest BCUT2D eigenvalue weighted by Gasteiger charge is -2.29. The molecule has 3 aromatic rings. The van der Waals surface area contributed by atoms with E-state index in [1.807, 2.05) is 54.6 Å². The summed E-state index contributed by atoms with van der Waals surface area (Å²) >= 11 is 0. The van der Waals surface area contributed by atoms with Crippen molar-refractivity contribution < 1.29 is 19.1 Å². The summed E-state index contributed by atoms with van der Waals surface area (Å²) in [5.74, 6) is 2.01. The van der Waals surface area contributed by atoms with Crippen molar-refractivity contribution in [2.45, 2.75) is 109 Å². The number of carbonyl (C=O) groups is 2. The number of rotatable bonds is 12. The van der Waals surface area contributed by atoms with E-state index in [1.54, 1.807) is 0 Å². The van der Waals surface area contributed by atoms with E-state index in [1.165, 1.54) is 88.2 Å². The first-order valence-corrected chi connectivity index (χ1v) is 17.1. The van der Waals surface area contributed by atoms with Crippen LogP contribution in [-0.2, 0) is 9.47 Å². The first-order valence-electron chi connectivity index (χ1n) is 17.1. The molecule has 234 valence electrons. The fourth-order valence-corrected chi connectivity index (χ4v) is 7.14. The van der Waals surface area contributed by atoms with Crippen molar-refractivity contribution in [1.82, 2.24) is 0 Å². The van der Waals surface area contributed by atoms with Crippen LogP contribution in [0.5, 0.6) is 0 Å². The highest BCUT2D eigenvalue weighted by atomic mass is 16.6. The zero-order valence-corrected chi connectivity index (χ0v) is 26.7. The van der Waals surface area contributed by atoms with Crippen LogP contribution in [0, 0.1) is 11.8 Å². The number of hydrogen-bond donors (Lipinski definition) is 0. The summed E-state index contributed by atoms with van der Waals surface area (Å²) in [6.07, 6.45) is 14.7. The summed E-state index contributed by atoms with van der Waals surface area (Å²) in [5, 5.41) is 0. The highest BCUT2D eigenvalue weighted by Gasteiger charge is 2.24. The first-order chi connectivity index (χ1) is 21.5. The third kappa shape index (κ3) is 8.83. The van der Waals surface area contributed by atoms with Gasteiger partial charge in [-0.1, -0.05) is 107 Å². The van der Waals surface area contributed by atoms with E-state index in [9.17, 15) is 9.59 Å². The van der Waals surface area contributed by atoms with Gasteiger partial charge in [0.2, 0.25) is 0 Å². The Hall–Kier alpha value is -3.40. The topological polar surface area (TPSA) is 52.6 Å². The number of hydrogen-bond acceptors (Lipinski definition) is 4. The van der Waals surface area contributed by atoms with Gasteiger partial charge in [-0.15, -0.1) is 0 Å². The molecule has 2 fully saturated rings. The van der Waals surface area contributed by atoms with Crippen molar-refractivity contribution in [2.24, 2.45) is 11.8 Å². The summed E-state index contributed by atoms with van der Waals surface area (Å²) in [6, 6.07) is 25.3. The summed E-state index contributed by atoms with van der Waals surface area (Å²) in [6.45, 7) is 4.55. The zero-order valence-electron chi connectivity index (χ0n) is 26.7. The number of ether oxygens (including phenoxy) is 2. The Balaban J connectivity index is 1.16.